The first-order valence-electron chi connectivity index (χ1n) is 4.33. The molecular formula is C11H10O3. The molecule has 0 saturated carbocycles. The zero-order valence-corrected chi connectivity index (χ0v) is 8.00. The minimum atomic E-state index is -0.266. The molecule has 2 rings (SSSR count). The number of hydrogen-bond acceptors (Lipinski definition) is 3. The fourth-order valence-corrected chi connectivity index (χ4v) is 1.49. The van der Waals surface area contributed by atoms with Gasteiger partial charge < -0.3 is 9.52 Å². The number of carbonyl (C=O) groups excluding carboxylic acids is 1. The maximum absolute atomic E-state index is 11.1. The van der Waals surface area contributed by atoms with E-state index in [1.54, 1.807) is 6.07 Å². The summed E-state index contributed by atoms with van der Waals surface area (Å²) < 4.78 is 5.29. The molecule has 0 spiro atoms. The molecule has 0 radical (unpaired) electrons. The van der Waals surface area contributed by atoms with Gasteiger partial charge in [0.25, 0.3) is 0 Å². The highest BCUT2D eigenvalue weighted by molar-refractivity contribution is 6.01. The molecule has 0 fully saturated rings. The molecule has 3 heteroatoms. The molecule has 1 N–H and O–H groups in total. The van der Waals surface area contributed by atoms with Crippen molar-refractivity contribution in [2.24, 2.45) is 0 Å². The maximum Gasteiger partial charge on any atom is 0.212 e. The lowest BCUT2D eigenvalue weighted by Crippen LogP contribution is -1.87. The number of hydrogen-bond donors (Lipinski definition) is 1. The third-order valence-electron chi connectivity index (χ3n) is 2.21. The highest BCUT2D eigenvalue weighted by Gasteiger charge is 2.17. The van der Waals surface area contributed by atoms with Crippen molar-refractivity contribution < 1.29 is 14.3 Å². The summed E-state index contributed by atoms with van der Waals surface area (Å²) in [6.45, 7) is 3.24. The fourth-order valence-electron chi connectivity index (χ4n) is 1.49. The average Bonchev–Trinajstić information content (AvgIpc) is 2.46. The zero-order chi connectivity index (χ0) is 10.3. The van der Waals surface area contributed by atoms with Crippen LogP contribution in [0.2, 0.25) is 0 Å². The molecule has 0 aliphatic rings. The van der Waals surface area contributed by atoms with Gasteiger partial charge in [-0.15, -0.1) is 0 Å². The standard InChI is InChI=1S/C11H10O3/c1-6-4-3-5-8-9(13)11(7(2)12)14-10(6)8/h3-5,13H,1-2H3. The summed E-state index contributed by atoms with van der Waals surface area (Å²) in [5.74, 6) is -0.288. The molecule has 14 heavy (non-hydrogen) atoms. The van der Waals surface area contributed by atoms with Crippen molar-refractivity contribution in [1.29, 1.82) is 0 Å². The van der Waals surface area contributed by atoms with Gasteiger partial charge in [0.05, 0.1) is 5.39 Å². The SMILES string of the molecule is CC(=O)c1oc2c(C)cccc2c1O. The second-order valence-electron chi connectivity index (χ2n) is 3.29. The largest absolute Gasteiger partial charge is 0.504 e. The van der Waals surface area contributed by atoms with E-state index in [-0.39, 0.29) is 17.3 Å². The Bertz CT molecular complexity index is 508. The van der Waals surface area contributed by atoms with E-state index in [4.69, 9.17) is 4.42 Å². The zero-order valence-electron chi connectivity index (χ0n) is 8.00. The Hall–Kier alpha value is -1.77. The quantitative estimate of drug-likeness (QED) is 0.703. The Kier molecular flexibility index (Phi) is 1.81. The number of benzene rings is 1. The highest BCUT2D eigenvalue weighted by Crippen LogP contribution is 2.33. The molecule has 0 aliphatic heterocycles. The monoisotopic (exact) mass is 190 g/mol. The molecule has 1 heterocycles. The molecule has 72 valence electrons. The van der Waals surface area contributed by atoms with E-state index >= 15 is 0 Å². The van der Waals surface area contributed by atoms with Gasteiger partial charge >= 0.3 is 0 Å². The Morgan fingerprint density at radius 1 is 1.43 bits per heavy atom. The topological polar surface area (TPSA) is 50.4 Å². The number of aryl methyl sites for hydroxylation is 1. The number of para-hydroxylation sites is 1. The van der Waals surface area contributed by atoms with Gasteiger partial charge in [0.1, 0.15) is 5.58 Å². The Labute approximate surface area is 81.0 Å². The van der Waals surface area contributed by atoms with Crippen molar-refractivity contribution in [3.8, 4) is 5.75 Å². The van der Waals surface area contributed by atoms with Gasteiger partial charge in [-0.3, -0.25) is 4.79 Å². The van der Waals surface area contributed by atoms with E-state index in [1.807, 2.05) is 19.1 Å². The van der Waals surface area contributed by atoms with Crippen LogP contribution >= 0.6 is 0 Å². The van der Waals surface area contributed by atoms with Crippen molar-refractivity contribution in [1.82, 2.24) is 0 Å². The molecule has 1 aromatic carbocycles. The molecule has 0 aliphatic carbocycles. The molecule has 1 aromatic heterocycles. The van der Waals surface area contributed by atoms with E-state index in [1.165, 1.54) is 6.92 Å². The van der Waals surface area contributed by atoms with Crippen LogP contribution in [0.5, 0.6) is 5.75 Å². The minimum Gasteiger partial charge on any atom is -0.504 e. The van der Waals surface area contributed by atoms with E-state index < -0.39 is 0 Å². The van der Waals surface area contributed by atoms with Crippen LogP contribution in [0.25, 0.3) is 11.0 Å². The second kappa shape index (κ2) is 2.87. The normalized spacial score (nSPS) is 10.7. The maximum atomic E-state index is 11.1. The Balaban J connectivity index is 2.86. The summed E-state index contributed by atoms with van der Waals surface area (Å²) >= 11 is 0. The average molecular weight is 190 g/mol. The van der Waals surface area contributed by atoms with Crippen molar-refractivity contribution in [3.63, 3.8) is 0 Å². The number of furan rings is 1. The van der Waals surface area contributed by atoms with Gasteiger partial charge in [0.15, 0.2) is 11.5 Å². The molecular weight excluding hydrogens is 180 g/mol. The van der Waals surface area contributed by atoms with Crippen molar-refractivity contribution in [3.05, 3.63) is 29.5 Å². The lowest BCUT2D eigenvalue weighted by Gasteiger charge is -1.91. The number of rotatable bonds is 1. The summed E-state index contributed by atoms with van der Waals surface area (Å²) in [5.41, 5.74) is 1.49. The summed E-state index contributed by atoms with van der Waals surface area (Å²) in [6.07, 6.45) is 0. The summed E-state index contributed by atoms with van der Waals surface area (Å²) in [5, 5.41) is 10.3. The number of carbonyl (C=O) groups is 1. The molecule has 0 saturated heterocycles. The third-order valence-corrected chi connectivity index (χ3v) is 2.21. The smallest absolute Gasteiger partial charge is 0.212 e. The van der Waals surface area contributed by atoms with Crippen LogP contribution in [0, 0.1) is 6.92 Å². The predicted molar refractivity (Wildman–Crippen MR) is 52.6 cm³/mol. The second-order valence-corrected chi connectivity index (χ2v) is 3.29. The summed E-state index contributed by atoms with van der Waals surface area (Å²) in [7, 11) is 0. The van der Waals surface area contributed by atoms with Gasteiger partial charge in [-0.2, -0.15) is 0 Å². The lowest BCUT2D eigenvalue weighted by molar-refractivity contribution is 0.0985. The van der Waals surface area contributed by atoms with E-state index in [9.17, 15) is 9.90 Å². The number of fused-ring (bicyclic) bond motifs is 1. The van der Waals surface area contributed by atoms with Crippen molar-refractivity contribution in [2.75, 3.05) is 0 Å². The lowest BCUT2D eigenvalue weighted by atomic mass is 10.1. The van der Waals surface area contributed by atoms with Gasteiger partial charge in [0.2, 0.25) is 5.76 Å². The molecule has 0 bridgehead atoms. The summed E-state index contributed by atoms with van der Waals surface area (Å²) in [6, 6.07) is 5.42. The first-order chi connectivity index (χ1) is 6.61. The molecule has 0 amide bonds. The van der Waals surface area contributed by atoms with Crippen molar-refractivity contribution in [2.45, 2.75) is 13.8 Å². The van der Waals surface area contributed by atoms with Crippen LogP contribution in [-0.2, 0) is 0 Å². The number of Topliss-reactive ketones (excluding diaryl/α,β-unsaturated/α-hetero) is 1. The van der Waals surface area contributed by atoms with Crippen LogP contribution in [0.4, 0.5) is 0 Å². The fraction of sp³-hybridized carbons (Fsp3) is 0.182. The molecule has 2 aromatic rings. The third kappa shape index (κ3) is 1.09. The van der Waals surface area contributed by atoms with E-state index in [0.29, 0.717) is 11.0 Å². The predicted octanol–water partition coefficient (Wildman–Crippen LogP) is 2.65. The van der Waals surface area contributed by atoms with Crippen molar-refractivity contribution >= 4 is 16.8 Å². The Morgan fingerprint density at radius 3 is 2.71 bits per heavy atom. The van der Waals surface area contributed by atoms with Crippen LogP contribution < -0.4 is 0 Å². The summed E-state index contributed by atoms with van der Waals surface area (Å²) in [4.78, 5) is 11.1. The molecule has 3 nitrogen and oxygen atoms in total. The van der Waals surface area contributed by atoms with E-state index in [0.717, 1.165) is 5.56 Å². The van der Waals surface area contributed by atoms with Crippen LogP contribution in [-0.4, -0.2) is 10.9 Å². The van der Waals surface area contributed by atoms with Crippen LogP contribution in [0.3, 0.4) is 0 Å². The highest BCUT2D eigenvalue weighted by atomic mass is 16.4. The minimum absolute atomic E-state index is 0.0364. The number of ketones is 1. The van der Waals surface area contributed by atoms with Gasteiger partial charge in [-0.25, -0.2) is 0 Å². The van der Waals surface area contributed by atoms with E-state index in [2.05, 4.69) is 0 Å². The first kappa shape index (κ1) is 8.81. The van der Waals surface area contributed by atoms with Gasteiger partial charge in [-0.1, -0.05) is 12.1 Å². The Morgan fingerprint density at radius 2 is 2.14 bits per heavy atom. The van der Waals surface area contributed by atoms with Crippen LogP contribution in [0.1, 0.15) is 23.0 Å². The van der Waals surface area contributed by atoms with Gasteiger partial charge in [0, 0.05) is 6.92 Å². The molecule has 0 atom stereocenters. The van der Waals surface area contributed by atoms with Gasteiger partial charge in [-0.05, 0) is 18.6 Å². The van der Waals surface area contributed by atoms with Crippen LogP contribution in [0.15, 0.2) is 22.6 Å². The molecule has 0 unspecified atom stereocenters. The number of aromatic hydroxyl groups is 1. The first-order valence-corrected chi connectivity index (χ1v) is 4.33.